The number of benzene rings is 2. The number of morpholine rings is 1. The first-order valence-corrected chi connectivity index (χ1v) is 9.95. The predicted octanol–water partition coefficient (Wildman–Crippen LogP) is 3.88. The summed E-state index contributed by atoms with van der Waals surface area (Å²) in [4.78, 5) is 2.57. The monoisotopic (exact) mass is 355 g/mol. The Bertz CT molecular complexity index is 699. The molecule has 4 rings (SSSR count). The van der Waals surface area contributed by atoms with E-state index in [2.05, 4.69) is 41.3 Å². The van der Waals surface area contributed by atoms with Crippen molar-refractivity contribution in [1.82, 2.24) is 4.90 Å². The highest BCUT2D eigenvalue weighted by molar-refractivity contribution is 5.83. The molecule has 140 valence electrons. The fourth-order valence-corrected chi connectivity index (χ4v) is 4.21. The molecule has 2 aromatic rings. The molecule has 0 bridgehead atoms. The number of nitrogens with zero attached hydrogens (tertiary/aromatic N) is 1. The van der Waals surface area contributed by atoms with Crippen LogP contribution in [0.4, 0.5) is 0 Å². The van der Waals surface area contributed by atoms with Crippen molar-refractivity contribution in [3.05, 3.63) is 42.5 Å². The highest BCUT2D eigenvalue weighted by Gasteiger charge is 2.31. The quantitative estimate of drug-likeness (QED) is 0.736. The molecule has 1 aliphatic heterocycles. The van der Waals surface area contributed by atoms with Crippen molar-refractivity contribution < 1.29 is 14.2 Å². The maximum Gasteiger partial charge on any atom is 0.120 e. The SMILES string of the molecule is c1ccc2cc(OCCOC3CCCCC3N3CCOCC3)ccc2c1. The summed E-state index contributed by atoms with van der Waals surface area (Å²) in [6.45, 7) is 5.04. The lowest BCUT2D eigenvalue weighted by Gasteiger charge is -2.41. The largest absolute Gasteiger partial charge is 0.491 e. The summed E-state index contributed by atoms with van der Waals surface area (Å²) in [6, 6.07) is 15.2. The van der Waals surface area contributed by atoms with Crippen LogP contribution in [0.3, 0.4) is 0 Å². The minimum absolute atomic E-state index is 0.335. The minimum Gasteiger partial charge on any atom is -0.491 e. The molecule has 1 aliphatic carbocycles. The van der Waals surface area contributed by atoms with Gasteiger partial charge in [-0.25, -0.2) is 0 Å². The van der Waals surface area contributed by atoms with Gasteiger partial charge in [0.1, 0.15) is 12.4 Å². The van der Waals surface area contributed by atoms with E-state index >= 15 is 0 Å². The maximum absolute atomic E-state index is 6.25. The Morgan fingerprint density at radius 3 is 2.62 bits per heavy atom. The Kier molecular flexibility index (Phi) is 6.05. The molecule has 0 spiro atoms. The molecular formula is C22H29NO3. The van der Waals surface area contributed by atoms with Crippen molar-refractivity contribution in [2.24, 2.45) is 0 Å². The summed E-state index contributed by atoms with van der Waals surface area (Å²) in [7, 11) is 0. The van der Waals surface area contributed by atoms with Gasteiger partial charge in [-0.2, -0.15) is 0 Å². The molecule has 0 N–H and O–H groups in total. The van der Waals surface area contributed by atoms with Crippen LogP contribution in [-0.4, -0.2) is 56.6 Å². The van der Waals surface area contributed by atoms with Crippen molar-refractivity contribution in [2.75, 3.05) is 39.5 Å². The van der Waals surface area contributed by atoms with Gasteiger partial charge in [-0.15, -0.1) is 0 Å². The molecule has 1 saturated carbocycles. The predicted molar refractivity (Wildman–Crippen MR) is 104 cm³/mol. The van der Waals surface area contributed by atoms with E-state index in [-0.39, 0.29) is 0 Å². The van der Waals surface area contributed by atoms with Gasteiger partial charge in [-0.1, -0.05) is 43.2 Å². The summed E-state index contributed by atoms with van der Waals surface area (Å²) in [6.07, 6.45) is 5.34. The Morgan fingerprint density at radius 2 is 1.73 bits per heavy atom. The number of rotatable bonds is 6. The van der Waals surface area contributed by atoms with Crippen LogP contribution in [0.2, 0.25) is 0 Å². The smallest absolute Gasteiger partial charge is 0.120 e. The number of fused-ring (bicyclic) bond motifs is 1. The van der Waals surface area contributed by atoms with Crippen molar-refractivity contribution in [3.63, 3.8) is 0 Å². The van der Waals surface area contributed by atoms with Crippen molar-refractivity contribution >= 4 is 10.8 Å². The third-order valence-corrected chi connectivity index (χ3v) is 5.59. The topological polar surface area (TPSA) is 30.9 Å². The Labute approximate surface area is 156 Å². The number of hydrogen-bond acceptors (Lipinski definition) is 4. The second kappa shape index (κ2) is 8.85. The first kappa shape index (κ1) is 17.8. The van der Waals surface area contributed by atoms with Gasteiger partial charge in [0.15, 0.2) is 0 Å². The van der Waals surface area contributed by atoms with Crippen molar-refractivity contribution in [2.45, 2.75) is 37.8 Å². The summed E-state index contributed by atoms with van der Waals surface area (Å²) >= 11 is 0. The van der Waals surface area contributed by atoms with Gasteiger partial charge in [0, 0.05) is 19.1 Å². The van der Waals surface area contributed by atoms with Crippen LogP contribution in [0.1, 0.15) is 25.7 Å². The summed E-state index contributed by atoms with van der Waals surface area (Å²) in [5.74, 6) is 0.917. The van der Waals surface area contributed by atoms with Gasteiger partial charge >= 0.3 is 0 Å². The molecular weight excluding hydrogens is 326 g/mol. The molecule has 1 heterocycles. The lowest BCUT2D eigenvalue weighted by molar-refractivity contribution is -0.0698. The van der Waals surface area contributed by atoms with Gasteiger partial charge in [-0.3, -0.25) is 4.90 Å². The van der Waals surface area contributed by atoms with Gasteiger partial charge in [0.2, 0.25) is 0 Å². The summed E-state index contributed by atoms with van der Waals surface area (Å²) in [5.41, 5.74) is 0. The van der Waals surface area contributed by atoms with Gasteiger partial charge in [0.05, 0.1) is 25.9 Å². The Hall–Kier alpha value is -1.62. The lowest BCUT2D eigenvalue weighted by Crippen LogP contribution is -2.51. The molecule has 0 amide bonds. The molecule has 2 aliphatic rings. The van der Waals surface area contributed by atoms with Crippen LogP contribution in [0.5, 0.6) is 5.75 Å². The van der Waals surface area contributed by atoms with E-state index in [1.165, 1.54) is 30.0 Å². The molecule has 2 fully saturated rings. The standard InChI is InChI=1S/C22H29NO3/c1-2-6-19-17-20(10-9-18(19)5-1)25-15-16-26-22-8-4-3-7-21(22)23-11-13-24-14-12-23/h1-2,5-6,9-10,17,21-22H,3-4,7-8,11-16H2. The molecule has 1 saturated heterocycles. The highest BCUT2D eigenvalue weighted by Crippen LogP contribution is 2.26. The van der Waals surface area contributed by atoms with Gasteiger partial charge in [-0.05, 0) is 35.7 Å². The Morgan fingerprint density at radius 1 is 0.923 bits per heavy atom. The van der Waals surface area contributed by atoms with Crippen molar-refractivity contribution in [3.8, 4) is 5.75 Å². The molecule has 4 heteroatoms. The molecule has 2 unspecified atom stereocenters. The van der Waals surface area contributed by atoms with Gasteiger partial charge in [0.25, 0.3) is 0 Å². The Balaban J connectivity index is 1.27. The molecule has 0 radical (unpaired) electrons. The molecule has 2 atom stereocenters. The normalized spacial score (nSPS) is 24.6. The molecule has 2 aromatic carbocycles. The fourth-order valence-electron chi connectivity index (χ4n) is 4.21. The van der Waals surface area contributed by atoms with E-state index in [0.717, 1.165) is 38.5 Å². The fraction of sp³-hybridized carbons (Fsp3) is 0.545. The zero-order valence-electron chi connectivity index (χ0n) is 15.4. The molecule has 26 heavy (non-hydrogen) atoms. The van der Waals surface area contributed by atoms with E-state index in [1.807, 2.05) is 6.07 Å². The van der Waals surface area contributed by atoms with Crippen LogP contribution in [0, 0.1) is 0 Å². The number of hydrogen-bond donors (Lipinski definition) is 0. The molecule has 0 aromatic heterocycles. The second-order valence-electron chi connectivity index (χ2n) is 7.27. The van der Waals surface area contributed by atoms with Crippen LogP contribution >= 0.6 is 0 Å². The van der Waals surface area contributed by atoms with E-state index in [9.17, 15) is 0 Å². The maximum atomic E-state index is 6.25. The average molecular weight is 355 g/mol. The van der Waals surface area contributed by atoms with E-state index in [0.29, 0.717) is 25.4 Å². The van der Waals surface area contributed by atoms with Crippen LogP contribution in [0.15, 0.2) is 42.5 Å². The highest BCUT2D eigenvalue weighted by atomic mass is 16.5. The van der Waals surface area contributed by atoms with E-state index < -0.39 is 0 Å². The van der Waals surface area contributed by atoms with Crippen LogP contribution in [-0.2, 0) is 9.47 Å². The van der Waals surface area contributed by atoms with E-state index in [4.69, 9.17) is 14.2 Å². The minimum atomic E-state index is 0.335. The lowest BCUT2D eigenvalue weighted by atomic mass is 9.91. The van der Waals surface area contributed by atoms with E-state index in [1.54, 1.807) is 0 Å². The molecule has 4 nitrogen and oxygen atoms in total. The van der Waals surface area contributed by atoms with Crippen LogP contribution in [0.25, 0.3) is 10.8 Å². The average Bonchev–Trinajstić information content (AvgIpc) is 2.72. The number of ether oxygens (including phenoxy) is 3. The van der Waals surface area contributed by atoms with Crippen molar-refractivity contribution in [1.29, 1.82) is 0 Å². The summed E-state index contributed by atoms with van der Waals surface area (Å²) in [5, 5.41) is 2.46. The third kappa shape index (κ3) is 4.37. The van der Waals surface area contributed by atoms with Crippen LogP contribution < -0.4 is 4.74 Å². The summed E-state index contributed by atoms with van der Waals surface area (Å²) < 4.78 is 17.7. The zero-order valence-corrected chi connectivity index (χ0v) is 15.4. The third-order valence-electron chi connectivity index (χ3n) is 5.59. The first-order valence-electron chi connectivity index (χ1n) is 9.95. The first-order chi connectivity index (χ1) is 12.9. The van der Waals surface area contributed by atoms with Gasteiger partial charge < -0.3 is 14.2 Å². The second-order valence-corrected chi connectivity index (χ2v) is 7.27. The zero-order chi connectivity index (χ0) is 17.6.